The van der Waals surface area contributed by atoms with Crippen LogP contribution in [0.1, 0.15) is 5.56 Å². The lowest BCUT2D eigenvalue weighted by atomic mass is 10.0. The van der Waals surface area contributed by atoms with E-state index in [-0.39, 0.29) is 0 Å². The fraction of sp³-hybridized carbons (Fsp3) is 0. The Morgan fingerprint density at radius 1 is 1.00 bits per heavy atom. The number of fused-ring (bicyclic) bond motifs is 1. The minimum Gasteiger partial charge on any atom is -0.355 e. The quantitative estimate of drug-likeness (QED) is 0.622. The second-order valence-corrected chi connectivity index (χ2v) is 5.83. The van der Waals surface area contributed by atoms with Crippen molar-refractivity contribution in [1.29, 1.82) is 5.26 Å². The van der Waals surface area contributed by atoms with Gasteiger partial charge in [0.1, 0.15) is 0 Å². The number of rotatable bonds is 2. The zero-order chi connectivity index (χ0) is 14.8. The molecular formula is C17H10BrClN2. The third-order valence-corrected chi connectivity index (χ3v) is 4.48. The molecule has 102 valence electrons. The van der Waals surface area contributed by atoms with E-state index in [9.17, 15) is 5.26 Å². The van der Waals surface area contributed by atoms with Crippen molar-refractivity contribution in [2.24, 2.45) is 0 Å². The number of hydrogen-bond donors (Lipinski definition) is 1. The summed E-state index contributed by atoms with van der Waals surface area (Å²) in [5, 5.41) is 15.1. The average molecular weight is 358 g/mol. The van der Waals surface area contributed by atoms with Crippen molar-refractivity contribution in [3.05, 3.63) is 69.7 Å². The maximum atomic E-state index is 9.19. The van der Waals surface area contributed by atoms with Gasteiger partial charge < -0.3 is 5.32 Å². The van der Waals surface area contributed by atoms with E-state index in [1.807, 2.05) is 54.6 Å². The van der Waals surface area contributed by atoms with Gasteiger partial charge in [-0.1, -0.05) is 35.9 Å². The molecule has 0 fully saturated rings. The molecule has 0 saturated carbocycles. The van der Waals surface area contributed by atoms with E-state index in [4.69, 9.17) is 11.6 Å². The van der Waals surface area contributed by atoms with Crippen molar-refractivity contribution < 1.29 is 0 Å². The summed E-state index contributed by atoms with van der Waals surface area (Å²) in [7, 11) is 0. The predicted octanol–water partition coefficient (Wildman–Crippen LogP) is 5.87. The van der Waals surface area contributed by atoms with Gasteiger partial charge in [0, 0.05) is 26.6 Å². The van der Waals surface area contributed by atoms with Crippen LogP contribution in [0.15, 0.2) is 59.1 Å². The van der Waals surface area contributed by atoms with Crippen molar-refractivity contribution in [1.82, 2.24) is 0 Å². The summed E-state index contributed by atoms with van der Waals surface area (Å²) < 4.78 is 0.861. The highest BCUT2D eigenvalue weighted by Crippen LogP contribution is 2.31. The second kappa shape index (κ2) is 5.77. The molecule has 0 amide bonds. The fourth-order valence-corrected chi connectivity index (χ4v) is 2.66. The maximum absolute atomic E-state index is 9.19. The Morgan fingerprint density at radius 3 is 2.48 bits per heavy atom. The van der Waals surface area contributed by atoms with Gasteiger partial charge in [-0.2, -0.15) is 5.26 Å². The van der Waals surface area contributed by atoms with Crippen LogP contribution < -0.4 is 5.32 Å². The highest BCUT2D eigenvalue weighted by molar-refractivity contribution is 9.10. The molecule has 0 aliphatic carbocycles. The molecule has 4 heteroatoms. The summed E-state index contributed by atoms with van der Waals surface area (Å²) in [6, 6.07) is 19.5. The van der Waals surface area contributed by atoms with E-state index < -0.39 is 0 Å². The molecule has 3 rings (SSSR count). The minimum atomic E-state index is 0.651. The molecule has 0 aliphatic heterocycles. The molecular weight excluding hydrogens is 348 g/mol. The monoisotopic (exact) mass is 356 g/mol. The first kappa shape index (κ1) is 13.9. The molecule has 0 spiro atoms. The van der Waals surface area contributed by atoms with Crippen LogP contribution in [0.5, 0.6) is 0 Å². The van der Waals surface area contributed by atoms with Gasteiger partial charge in [0.25, 0.3) is 0 Å². The lowest BCUT2D eigenvalue weighted by Crippen LogP contribution is -1.93. The number of halogens is 2. The Labute approximate surface area is 136 Å². The van der Waals surface area contributed by atoms with Crippen molar-refractivity contribution in [2.75, 3.05) is 5.32 Å². The van der Waals surface area contributed by atoms with Crippen LogP contribution in [0, 0.1) is 11.3 Å². The smallest absolute Gasteiger partial charge is 0.0998 e. The number of hydrogen-bond acceptors (Lipinski definition) is 2. The first-order chi connectivity index (χ1) is 10.2. The van der Waals surface area contributed by atoms with Crippen LogP contribution in [0.4, 0.5) is 11.4 Å². The minimum absolute atomic E-state index is 0.651. The zero-order valence-corrected chi connectivity index (χ0v) is 13.2. The van der Waals surface area contributed by atoms with Gasteiger partial charge >= 0.3 is 0 Å². The Bertz CT molecular complexity index is 868. The Morgan fingerprint density at radius 2 is 1.76 bits per heavy atom. The van der Waals surface area contributed by atoms with Gasteiger partial charge in [-0.25, -0.2) is 0 Å². The summed E-state index contributed by atoms with van der Waals surface area (Å²) >= 11 is 9.49. The van der Waals surface area contributed by atoms with Crippen LogP contribution in [0.2, 0.25) is 5.02 Å². The van der Waals surface area contributed by atoms with Gasteiger partial charge in [0.05, 0.1) is 16.7 Å². The molecule has 0 aliphatic rings. The van der Waals surface area contributed by atoms with E-state index >= 15 is 0 Å². The Kier molecular flexibility index (Phi) is 3.83. The molecule has 0 atom stereocenters. The Hall–Kier alpha value is -2.02. The second-order valence-electron chi connectivity index (χ2n) is 4.57. The summed E-state index contributed by atoms with van der Waals surface area (Å²) in [6.07, 6.45) is 0. The first-order valence-electron chi connectivity index (χ1n) is 6.33. The fourth-order valence-electron chi connectivity index (χ4n) is 2.23. The van der Waals surface area contributed by atoms with Crippen molar-refractivity contribution in [2.45, 2.75) is 0 Å². The zero-order valence-electron chi connectivity index (χ0n) is 10.9. The Balaban J connectivity index is 2.09. The summed E-state index contributed by atoms with van der Waals surface area (Å²) in [5.41, 5.74) is 2.52. The number of benzene rings is 3. The largest absolute Gasteiger partial charge is 0.355 e. The van der Waals surface area contributed by atoms with E-state index in [0.717, 1.165) is 26.6 Å². The van der Waals surface area contributed by atoms with Gasteiger partial charge in [0.15, 0.2) is 0 Å². The molecule has 0 bridgehead atoms. The summed E-state index contributed by atoms with van der Waals surface area (Å²) in [6.45, 7) is 0. The molecule has 0 radical (unpaired) electrons. The lowest BCUT2D eigenvalue weighted by Gasteiger charge is -2.11. The average Bonchev–Trinajstić information content (AvgIpc) is 2.51. The summed E-state index contributed by atoms with van der Waals surface area (Å²) in [4.78, 5) is 0. The number of nitrogens with one attached hydrogen (secondary N) is 1. The molecule has 0 aromatic heterocycles. The molecule has 3 aromatic rings. The van der Waals surface area contributed by atoms with Crippen molar-refractivity contribution in [3.8, 4) is 6.07 Å². The van der Waals surface area contributed by atoms with E-state index in [0.29, 0.717) is 10.6 Å². The van der Waals surface area contributed by atoms with Crippen molar-refractivity contribution in [3.63, 3.8) is 0 Å². The maximum Gasteiger partial charge on any atom is 0.0998 e. The topological polar surface area (TPSA) is 35.8 Å². The standard InChI is InChI=1S/C17H10BrClN2/c18-15-7-6-12(9-16(15)19)21-17-8-5-11(10-20)13-3-1-2-4-14(13)17/h1-9,21H. The third kappa shape index (κ3) is 2.73. The van der Waals surface area contributed by atoms with Crippen molar-refractivity contribution >= 4 is 49.7 Å². The van der Waals surface area contributed by atoms with Crippen LogP contribution >= 0.6 is 27.5 Å². The SMILES string of the molecule is N#Cc1ccc(Nc2ccc(Br)c(Cl)c2)c2ccccc12. The van der Waals surface area contributed by atoms with Crippen LogP contribution in [0.3, 0.4) is 0 Å². The molecule has 1 N–H and O–H groups in total. The number of nitrogens with zero attached hydrogens (tertiary/aromatic N) is 1. The molecule has 0 unspecified atom stereocenters. The van der Waals surface area contributed by atoms with Gasteiger partial charge in [-0.15, -0.1) is 0 Å². The molecule has 0 heterocycles. The van der Waals surface area contributed by atoms with E-state index in [1.54, 1.807) is 0 Å². The summed E-state index contributed by atoms with van der Waals surface area (Å²) in [5.74, 6) is 0. The lowest BCUT2D eigenvalue weighted by molar-refractivity contribution is 1.50. The predicted molar refractivity (Wildman–Crippen MR) is 91.1 cm³/mol. The number of anilines is 2. The van der Waals surface area contributed by atoms with Gasteiger partial charge in [0.2, 0.25) is 0 Å². The normalized spacial score (nSPS) is 10.3. The highest BCUT2D eigenvalue weighted by atomic mass is 79.9. The first-order valence-corrected chi connectivity index (χ1v) is 7.50. The number of nitriles is 1. The molecule has 0 saturated heterocycles. The molecule has 21 heavy (non-hydrogen) atoms. The van der Waals surface area contributed by atoms with Crippen LogP contribution in [-0.4, -0.2) is 0 Å². The molecule has 2 nitrogen and oxygen atoms in total. The van der Waals surface area contributed by atoms with E-state index in [2.05, 4.69) is 27.3 Å². The van der Waals surface area contributed by atoms with Crippen LogP contribution in [-0.2, 0) is 0 Å². The van der Waals surface area contributed by atoms with Crippen LogP contribution in [0.25, 0.3) is 10.8 Å². The highest BCUT2D eigenvalue weighted by Gasteiger charge is 2.06. The van der Waals surface area contributed by atoms with Gasteiger partial charge in [-0.3, -0.25) is 0 Å². The van der Waals surface area contributed by atoms with Gasteiger partial charge in [-0.05, 0) is 46.3 Å². The van der Waals surface area contributed by atoms with E-state index in [1.165, 1.54) is 0 Å². The third-order valence-electron chi connectivity index (χ3n) is 3.24. The molecule has 3 aromatic carbocycles.